The van der Waals surface area contributed by atoms with Crippen LogP contribution in [0.15, 0.2) is 0 Å². The van der Waals surface area contributed by atoms with E-state index in [1.165, 1.54) is 160 Å². The second kappa shape index (κ2) is 31.4. The number of carboxylic acid groups (broad SMARTS) is 1. The molecule has 0 aromatic rings. The van der Waals surface area contributed by atoms with Crippen molar-refractivity contribution in [2.24, 2.45) is 0 Å². The van der Waals surface area contributed by atoms with Crippen LogP contribution in [0.25, 0.3) is 0 Å². The summed E-state index contributed by atoms with van der Waals surface area (Å²) in [6.45, 7) is 4.56. The molecule has 0 aliphatic rings. The second-order valence-electron chi connectivity index (χ2n) is 10.9. The average Bonchev–Trinajstić information content (AvgIpc) is 2.87. The Labute approximate surface area is 235 Å². The molecule has 0 saturated heterocycles. The third-order valence-electron chi connectivity index (χ3n) is 7.26. The topological polar surface area (TPSA) is 37.3 Å². The molecular formula is C32H64O2S2. The molecule has 0 heterocycles. The van der Waals surface area contributed by atoms with Crippen molar-refractivity contribution in [3.63, 3.8) is 0 Å². The zero-order chi connectivity index (χ0) is 26.4. The lowest BCUT2D eigenvalue weighted by molar-refractivity contribution is -0.136. The van der Waals surface area contributed by atoms with Gasteiger partial charge in [0.25, 0.3) is 0 Å². The van der Waals surface area contributed by atoms with E-state index in [1.807, 2.05) is 11.8 Å². The van der Waals surface area contributed by atoms with Crippen LogP contribution >= 0.6 is 23.5 Å². The van der Waals surface area contributed by atoms with E-state index >= 15 is 0 Å². The molecule has 1 N–H and O–H groups in total. The van der Waals surface area contributed by atoms with Gasteiger partial charge in [-0.25, -0.2) is 0 Å². The van der Waals surface area contributed by atoms with Crippen LogP contribution in [0.5, 0.6) is 0 Å². The first kappa shape index (κ1) is 36.2. The molecule has 0 aromatic heterocycles. The quantitative estimate of drug-likeness (QED) is 0.0880. The molecule has 0 saturated carbocycles. The van der Waals surface area contributed by atoms with Gasteiger partial charge in [-0.3, -0.25) is 4.79 Å². The minimum atomic E-state index is -0.607. The van der Waals surface area contributed by atoms with Crippen LogP contribution in [0.3, 0.4) is 0 Å². The van der Waals surface area contributed by atoms with Crippen LogP contribution in [0.4, 0.5) is 0 Å². The Morgan fingerprint density at radius 2 is 0.833 bits per heavy atom. The molecule has 36 heavy (non-hydrogen) atoms. The minimum Gasteiger partial charge on any atom is -0.480 e. The summed E-state index contributed by atoms with van der Waals surface area (Å²) in [5.74, 6) is 2.61. The summed E-state index contributed by atoms with van der Waals surface area (Å²) in [6.07, 6.45) is 33.9. The molecule has 4 heteroatoms. The molecule has 1 atom stereocenters. The van der Waals surface area contributed by atoms with Crippen LogP contribution in [-0.2, 0) is 4.79 Å². The molecule has 0 spiro atoms. The average molecular weight is 545 g/mol. The number of unbranched alkanes of at least 4 members (excludes halogenated alkanes) is 22. The summed E-state index contributed by atoms with van der Waals surface area (Å²) in [6, 6.07) is 0. The van der Waals surface area contributed by atoms with E-state index < -0.39 is 5.97 Å². The van der Waals surface area contributed by atoms with Gasteiger partial charge in [0.1, 0.15) is 5.25 Å². The maximum Gasteiger partial charge on any atom is 0.316 e. The first-order chi connectivity index (χ1) is 17.7. The number of aliphatic carboxylic acids is 1. The fourth-order valence-electron chi connectivity index (χ4n) is 4.78. The highest BCUT2D eigenvalue weighted by molar-refractivity contribution is 8.01. The van der Waals surface area contributed by atoms with Gasteiger partial charge in [-0.2, -0.15) is 11.8 Å². The number of hydrogen-bond donors (Lipinski definition) is 1. The van der Waals surface area contributed by atoms with Gasteiger partial charge in [-0.15, -0.1) is 11.8 Å². The van der Waals surface area contributed by atoms with Gasteiger partial charge in [-0.1, -0.05) is 155 Å². The second-order valence-corrected chi connectivity index (χ2v) is 13.4. The molecule has 2 nitrogen and oxygen atoms in total. The Balaban J connectivity index is 3.39. The van der Waals surface area contributed by atoms with Crippen molar-refractivity contribution in [3.8, 4) is 0 Å². The smallest absolute Gasteiger partial charge is 0.316 e. The van der Waals surface area contributed by atoms with Crippen molar-refractivity contribution in [1.29, 1.82) is 0 Å². The van der Waals surface area contributed by atoms with E-state index in [2.05, 4.69) is 13.8 Å². The molecule has 0 amide bonds. The highest BCUT2D eigenvalue weighted by Crippen LogP contribution is 2.21. The first-order valence-electron chi connectivity index (χ1n) is 16.1. The zero-order valence-corrected chi connectivity index (χ0v) is 26.2. The van der Waals surface area contributed by atoms with Crippen molar-refractivity contribution in [1.82, 2.24) is 0 Å². The predicted octanol–water partition coefficient (Wildman–Crippen LogP) is 11.7. The van der Waals surface area contributed by atoms with E-state index in [0.29, 0.717) is 0 Å². The zero-order valence-electron chi connectivity index (χ0n) is 24.5. The number of thioether (sulfide) groups is 2. The van der Waals surface area contributed by atoms with Crippen molar-refractivity contribution in [3.05, 3.63) is 0 Å². The molecule has 1 unspecified atom stereocenters. The molecular weight excluding hydrogens is 480 g/mol. The Kier molecular flexibility index (Phi) is 31.5. The summed E-state index contributed by atoms with van der Waals surface area (Å²) < 4.78 is 0. The van der Waals surface area contributed by atoms with Crippen LogP contribution in [0.2, 0.25) is 0 Å². The summed E-state index contributed by atoms with van der Waals surface area (Å²) in [5, 5.41) is 9.35. The van der Waals surface area contributed by atoms with E-state index in [-0.39, 0.29) is 5.25 Å². The number of carbonyl (C=O) groups is 1. The Morgan fingerprint density at radius 3 is 1.19 bits per heavy atom. The van der Waals surface area contributed by atoms with Crippen LogP contribution in [0, 0.1) is 0 Å². The summed E-state index contributed by atoms with van der Waals surface area (Å²) in [5.41, 5.74) is 0. The Bertz CT molecular complexity index is 430. The number of hydrogen-bond acceptors (Lipinski definition) is 3. The van der Waals surface area contributed by atoms with Crippen LogP contribution < -0.4 is 0 Å². The number of carboxylic acids is 1. The van der Waals surface area contributed by atoms with Crippen LogP contribution in [-0.4, -0.2) is 33.6 Å². The van der Waals surface area contributed by atoms with Gasteiger partial charge < -0.3 is 5.11 Å². The Morgan fingerprint density at radius 1 is 0.500 bits per heavy atom. The minimum absolute atomic E-state index is 0.202. The lowest BCUT2D eigenvalue weighted by atomic mass is 10.1. The summed E-state index contributed by atoms with van der Waals surface area (Å²) in [7, 11) is 0. The third-order valence-corrected chi connectivity index (χ3v) is 9.72. The predicted molar refractivity (Wildman–Crippen MR) is 168 cm³/mol. The fourth-order valence-corrected chi connectivity index (χ4v) is 7.03. The van der Waals surface area contributed by atoms with Crippen molar-refractivity contribution >= 4 is 29.5 Å². The lowest BCUT2D eigenvalue weighted by Crippen LogP contribution is -2.17. The molecule has 0 radical (unpaired) electrons. The monoisotopic (exact) mass is 544 g/mol. The maximum absolute atomic E-state index is 11.6. The van der Waals surface area contributed by atoms with Gasteiger partial charge in [-0.05, 0) is 36.5 Å². The highest BCUT2D eigenvalue weighted by Gasteiger charge is 2.17. The van der Waals surface area contributed by atoms with Gasteiger partial charge >= 0.3 is 5.97 Å². The highest BCUT2D eigenvalue weighted by atomic mass is 32.2. The number of rotatable bonds is 31. The molecule has 0 aliphatic carbocycles. The van der Waals surface area contributed by atoms with E-state index in [1.54, 1.807) is 11.8 Å². The maximum atomic E-state index is 11.6. The van der Waals surface area contributed by atoms with Gasteiger partial charge in [0, 0.05) is 0 Å². The van der Waals surface area contributed by atoms with Crippen LogP contribution in [0.1, 0.15) is 174 Å². The van der Waals surface area contributed by atoms with E-state index in [0.717, 1.165) is 17.9 Å². The normalized spacial score (nSPS) is 12.3. The van der Waals surface area contributed by atoms with E-state index in [4.69, 9.17) is 0 Å². The van der Waals surface area contributed by atoms with Gasteiger partial charge in [0.15, 0.2) is 0 Å². The van der Waals surface area contributed by atoms with Crippen molar-refractivity contribution in [2.75, 3.05) is 17.3 Å². The van der Waals surface area contributed by atoms with Gasteiger partial charge in [0.2, 0.25) is 0 Å². The van der Waals surface area contributed by atoms with Crippen molar-refractivity contribution < 1.29 is 9.90 Å². The SMILES string of the molecule is CCCCCCCCCCCCCCSCCC(SCCCCCCCCCCCCCC)C(=O)O. The van der Waals surface area contributed by atoms with Crippen molar-refractivity contribution in [2.45, 2.75) is 180 Å². The molecule has 0 fully saturated rings. The van der Waals surface area contributed by atoms with E-state index in [9.17, 15) is 9.90 Å². The molecule has 216 valence electrons. The largest absolute Gasteiger partial charge is 0.480 e. The molecule has 0 bridgehead atoms. The first-order valence-corrected chi connectivity index (χ1v) is 18.3. The van der Waals surface area contributed by atoms with Gasteiger partial charge in [0.05, 0.1) is 0 Å². The molecule has 0 rings (SSSR count). The standard InChI is InChI=1S/C32H64O2S2/c1-3-5-7-9-11-13-15-17-19-21-23-25-28-35-30-27-31(32(33)34)36-29-26-24-22-20-18-16-14-12-10-8-6-4-2/h31H,3-30H2,1-2H3,(H,33,34). The molecule has 0 aliphatic heterocycles. The Hall–Kier alpha value is 0.170. The molecule has 0 aromatic carbocycles. The third kappa shape index (κ3) is 28.7. The fraction of sp³-hybridized carbons (Fsp3) is 0.969. The lowest BCUT2D eigenvalue weighted by Gasteiger charge is -2.12. The summed E-state index contributed by atoms with van der Waals surface area (Å²) in [4.78, 5) is 11.6. The summed E-state index contributed by atoms with van der Waals surface area (Å²) >= 11 is 3.65.